The molecule has 0 saturated carbocycles. The zero-order chi connectivity index (χ0) is 14.6. The van der Waals surface area contributed by atoms with Gasteiger partial charge in [-0.3, -0.25) is 4.79 Å². The number of likely N-dealkylation sites (N-methyl/N-ethyl adjacent to an activating group) is 1. The maximum Gasteiger partial charge on any atom is 0.419 e. The van der Waals surface area contributed by atoms with Gasteiger partial charge in [0.25, 0.3) is 5.91 Å². The van der Waals surface area contributed by atoms with Gasteiger partial charge in [-0.25, -0.2) is 4.39 Å². The van der Waals surface area contributed by atoms with Crippen LogP contribution in [0, 0.1) is 5.82 Å². The molecule has 19 heavy (non-hydrogen) atoms. The van der Waals surface area contributed by atoms with Crippen molar-refractivity contribution in [2.24, 2.45) is 0 Å². The Kier molecular flexibility index (Phi) is 4.69. The number of nitrogens with zero attached hydrogens (tertiary/aromatic N) is 1. The number of halogens is 4. The lowest BCUT2D eigenvalue weighted by atomic mass is 10.1. The predicted molar refractivity (Wildman–Crippen MR) is 63.2 cm³/mol. The number of hydrogen-bond acceptors (Lipinski definition) is 1. The van der Waals surface area contributed by atoms with E-state index in [1.54, 1.807) is 6.92 Å². The summed E-state index contributed by atoms with van der Waals surface area (Å²) in [5.41, 5.74) is -2.02. The zero-order valence-corrected chi connectivity index (χ0v) is 10.3. The Bertz CT molecular complexity index is 482. The smallest absolute Gasteiger partial charge is 0.335 e. The molecule has 6 heteroatoms. The fourth-order valence-electron chi connectivity index (χ4n) is 1.60. The fourth-order valence-corrected chi connectivity index (χ4v) is 1.60. The van der Waals surface area contributed by atoms with Gasteiger partial charge < -0.3 is 4.90 Å². The number of amides is 1. The van der Waals surface area contributed by atoms with Gasteiger partial charge in [0.1, 0.15) is 5.82 Å². The second-order valence-corrected chi connectivity index (χ2v) is 3.80. The lowest BCUT2D eigenvalue weighted by Crippen LogP contribution is -2.32. The van der Waals surface area contributed by atoms with Crippen molar-refractivity contribution in [3.05, 3.63) is 47.8 Å². The fraction of sp³-hybridized carbons (Fsp3) is 0.308. The van der Waals surface area contributed by atoms with Gasteiger partial charge in [-0.15, -0.1) is 6.58 Å². The molecule has 0 atom stereocenters. The number of hydrogen-bond donors (Lipinski definition) is 0. The van der Waals surface area contributed by atoms with Gasteiger partial charge in [-0.2, -0.15) is 13.2 Å². The summed E-state index contributed by atoms with van der Waals surface area (Å²) in [6.07, 6.45) is -3.40. The van der Waals surface area contributed by atoms with E-state index in [1.807, 2.05) is 0 Å². The van der Waals surface area contributed by atoms with E-state index in [2.05, 4.69) is 6.58 Å². The SMILES string of the molecule is C=CCN(CC)C(=O)c1cccc(C(F)(F)F)c1F. The summed E-state index contributed by atoms with van der Waals surface area (Å²) < 4.78 is 51.4. The minimum atomic E-state index is -4.82. The monoisotopic (exact) mass is 275 g/mol. The van der Waals surface area contributed by atoms with Gasteiger partial charge in [-0.1, -0.05) is 12.1 Å². The first-order valence-electron chi connectivity index (χ1n) is 5.58. The zero-order valence-electron chi connectivity index (χ0n) is 10.3. The average Bonchev–Trinajstić information content (AvgIpc) is 2.34. The van der Waals surface area contributed by atoms with E-state index >= 15 is 0 Å². The standard InChI is InChI=1S/C13H13F4NO/c1-3-8-18(4-2)12(19)9-6-5-7-10(11(9)14)13(15,16)17/h3,5-7H,1,4,8H2,2H3. The summed E-state index contributed by atoms with van der Waals surface area (Å²) in [4.78, 5) is 13.1. The lowest BCUT2D eigenvalue weighted by molar-refractivity contribution is -0.140. The predicted octanol–water partition coefficient (Wildman–Crippen LogP) is 3.49. The Morgan fingerprint density at radius 1 is 1.42 bits per heavy atom. The van der Waals surface area contributed by atoms with E-state index in [9.17, 15) is 22.4 Å². The van der Waals surface area contributed by atoms with Crippen LogP contribution in [-0.2, 0) is 6.18 Å². The van der Waals surface area contributed by atoms with Crippen LogP contribution in [0.4, 0.5) is 17.6 Å². The molecule has 0 aromatic heterocycles. The highest BCUT2D eigenvalue weighted by Crippen LogP contribution is 2.32. The minimum Gasteiger partial charge on any atom is -0.335 e. The molecule has 104 valence electrons. The third-order valence-electron chi connectivity index (χ3n) is 2.55. The number of rotatable bonds is 4. The molecule has 0 radical (unpaired) electrons. The number of alkyl halides is 3. The second kappa shape index (κ2) is 5.86. The maximum absolute atomic E-state index is 13.8. The molecule has 0 aliphatic heterocycles. The molecule has 0 saturated heterocycles. The highest BCUT2D eigenvalue weighted by molar-refractivity contribution is 5.94. The maximum atomic E-state index is 13.8. The van der Waals surface area contributed by atoms with Crippen molar-refractivity contribution in [3.63, 3.8) is 0 Å². The van der Waals surface area contributed by atoms with Gasteiger partial charge in [0.05, 0.1) is 11.1 Å². The Balaban J connectivity index is 3.21. The van der Waals surface area contributed by atoms with E-state index in [-0.39, 0.29) is 13.1 Å². The molecule has 0 unspecified atom stereocenters. The van der Waals surface area contributed by atoms with E-state index in [4.69, 9.17) is 0 Å². The molecule has 1 rings (SSSR count). The molecule has 0 bridgehead atoms. The van der Waals surface area contributed by atoms with Gasteiger partial charge in [0, 0.05) is 13.1 Å². The molecule has 1 aromatic carbocycles. The first-order chi connectivity index (χ1) is 8.82. The van der Waals surface area contributed by atoms with Crippen LogP contribution in [0.15, 0.2) is 30.9 Å². The third kappa shape index (κ3) is 3.33. The first kappa shape index (κ1) is 15.2. The van der Waals surface area contributed by atoms with Crippen molar-refractivity contribution >= 4 is 5.91 Å². The highest BCUT2D eigenvalue weighted by Gasteiger charge is 2.36. The number of benzene rings is 1. The molecule has 1 aromatic rings. The first-order valence-corrected chi connectivity index (χ1v) is 5.58. The number of carbonyl (C=O) groups excluding carboxylic acids is 1. The van der Waals surface area contributed by atoms with Crippen LogP contribution in [0.1, 0.15) is 22.8 Å². The summed E-state index contributed by atoms with van der Waals surface area (Å²) in [6.45, 7) is 5.48. The molecular weight excluding hydrogens is 262 g/mol. The quantitative estimate of drug-likeness (QED) is 0.608. The average molecular weight is 275 g/mol. The van der Waals surface area contributed by atoms with Gasteiger partial charge >= 0.3 is 6.18 Å². The summed E-state index contributed by atoms with van der Waals surface area (Å²) in [5.74, 6) is -2.33. The van der Waals surface area contributed by atoms with Crippen LogP contribution in [0.5, 0.6) is 0 Å². The van der Waals surface area contributed by atoms with Crippen LogP contribution < -0.4 is 0 Å². The van der Waals surface area contributed by atoms with E-state index < -0.39 is 29.0 Å². The van der Waals surface area contributed by atoms with E-state index in [1.165, 1.54) is 11.0 Å². The van der Waals surface area contributed by atoms with Crippen molar-refractivity contribution in [3.8, 4) is 0 Å². The molecule has 0 aliphatic rings. The Labute approximate surface area is 108 Å². The number of carbonyl (C=O) groups is 1. The second-order valence-electron chi connectivity index (χ2n) is 3.80. The van der Waals surface area contributed by atoms with Gasteiger partial charge in [0.15, 0.2) is 0 Å². The van der Waals surface area contributed by atoms with Crippen LogP contribution >= 0.6 is 0 Å². The van der Waals surface area contributed by atoms with Crippen LogP contribution in [0.2, 0.25) is 0 Å². The van der Waals surface area contributed by atoms with Crippen molar-refractivity contribution < 1.29 is 22.4 Å². The van der Waals surface area contributed by atoms with Gasteiger partial charge in [-0.05, 0) is 19.1 Å². The molecule has 2 nitrogen and oxygen atoms in total. The summed E-state index contributed by atoms with van der Waals surface area (Å²) in [7, 11) is 0. The molecule has 0 heterocycles. The Morgan fingerprint density at radius 2 is 2.05 bits per heavy atom. The topological polar surface area (TPSA) is 20.3 Å². The molecule has 0 fully saturated rings. The van der Waals surface area contributed by atoms with Crippen molar-refractivity contribution in [1.29, 1.82) is 0 Å². The summed E-state index contributed by atoms with van der Waals surface area (Å²) in [6, 6.07) is 2.66. The highest BCUT2D eigenvalue weighted by atomic mass is 19.4. The summed E-state index contributed by atoms with van der Waals surface area (Å²) >= 11 is 0. The normalized spacial score (nSPS) is 11.2. The van der Waals surface area contributed by atoms with Crippen LogP contribution in [0.25, 0.3) is 0 Å². The van der Waals surface area contributed by atoms with E-state index in [0.717, 1.165) is 12.1 Å². The van der Waals surface area contributed by atoms with E-state index in [0.29, 0.717) is 6.07 Å². The summed E-state index contributed by atoms with van der Waals surface area (Å²) in [5, 5.41) is 0. The molecule has 0 spiro atoms. The third-order valence-corrected chi connectivity index (χ3v) is 2.55. The molecular formula is C13H13F4NO. The minimum absolute atomic E-state index is 0.144. The largest absolute Gasteiger partial charge is 0.419 e. The van der Waals surface area contributed by atoms with Crippen LogP contribution in [0.3, 0.4) is 0 Å². The van der Waals surface area contributed by atoms with Crippen molar-refractivity contribution in [2.45, 2.75) is 13.1 Å². The lowest BCUT2D eigenvalue weighted by Gasteiger charge is -2.20. The van der Waals surface area contributed by atoms with Crippen molar-refractivity contribution in [2.75, 3.05) is 13.1 Å². The molecule has 1 amide bonds. The van der Waals surface area contributed by atoms with Crippen LogP contribution in [-0.4, -0.2) is 23.9 Å². The Morgan fingerprint density at radius 3 is 2.53 bits per heavy atom. The van der Waals surface area contributed by atoms with Gasteiger partial charge in [0.2, 0.25) is 0 Å². The molecule has 0 aliphatic carbocycles. The van der Waals surface area contributed by atoms with Crippen molar-refractivity contribution in [1.82, 2.24) is 4.90 Å². The molecule has 0 N–H and O–H groups in total. The Hall–Kier alpha value is -1.85.